The predicted octanol–water partition coefficient (Wildman–Crippen LogP) is 15.3. The molecule has 0 aromatic rings. The number of amides is 1. The lowest BCUT2D eigenvalue weighted by Crippen LogP contribution is -2.65. The number of nitrogens with one attached hydrogen (secondary N) is 1. The number of hydrogen-bond donors (Lipinski definition) is 9. The van der Waals surface area contributed by atoms with Gasteiger partial charge in [0.15, 0.2) is 12.6 Å². The molecule has 2 saturated heterocycles. The van der Waals surface area contributed by atoms with E-state index in [2.05, 4.69) is 116 Å². The maximum absolute atomic E-state index is 13.3. The number of unbranched alkanes of at least 4 members (excludes halogenated alkanes) is 30. The maximum Gasteiger partial charge on any atom is 0.220 e. The molecule has 2 fully saturated rings. The molecule has 14 nitrogen and oxygen atoms in total. The van der Waals surface area contributed by atoms with Crippen LogP contribution in [0.1, 0.15) is 284 Å². The molecule has 2 rings (SSSR count). The molecule has 2 aliphatic rings. The molecule has 9 N–H and O–H groups in total. The fraction of sp³-hybridized carbons (Fsp3) is 0.776. The van der Waals surface area contributed by atoms with E-state index in [-0.39, 0.29) is 18.9 Å². The van der Waals surface area contributed by atoms with Crippen LogP contribution in [0.5, 0.6) is 0 Å². The van der Waals surface area contributed by atoms with Gasteiger partial charge in [-0.2, -0.15) is 0 Å². The van der Waals surface area contributed by atoms with Gasteiger partial charge in [-0.05, 0) is 77.0 Å². The van der Waals surface area contributed by atoms with Crippen LogP contribution in [0.3, 0.4) is 0 Å². The Morgan fingerprint density at radius 1 is 0.411 bits per heavy atom. The van der Waals surface area contributed by atoms with Gasteiger partial charge in [0.05, 0.1) is 32.0 Å². The summed E-state index contributed by atoms with van der Waals surface area (Å²) in [6.45, 7) is 2.75. The lowest BCUT2D eigenvalue weighted by molar-refractivity contribution is -0.359. The topological polar surface area (TPSA) is 228 Å². The zero-order valence-electron chi connectivity index (χ0n) is 56.6. The van der Waals surface area contributed by atoms with Crippen LogP contribution < -0.4 is 5.32 Å². The molecule has 520 valence electrons. The monoisotopic (exact) mass is 1270 g/mol. The van der Waals surface area contributed by atoms with E-state index in [1.54, 1.807) is 0 Å². The number of allylic oxidation sites excluding steroid dienone is 16. The second-order valence-corrected chi connectivity index (χ2v) is 25.3. The Hall–Kier alpha value is -3.09. The Bertz CT molecular complexity index is 1880. The van der Waals surface area contributed by atoms with Gasteiger partial charge in [0, 0.05) is 6.42 Å². The highest BCUT2D eigenvalue weighted by molar-refractivity contribution is 5.76. The zero-order chi connectivity index (χ0) is 65.2. The molecule has 12 unspecified atom stereocenters. The first kappa shape index (κ1) is 83.0. The smallest absolute Gasteiger partial charge is 0.220 e. The molecule has 0 saturated carbocycles. The molecular formula is C76H133NO13. The van der Waals surface area contributed by atoms with E-state index in [9.17, 15) is 45.6 Å². The summed E-state index contributed by atoms with van der Waals surface area (Å²) in [5, 5.41) is 87.7. The summed E-state index contributed by atoms with van der Waals surface area (Å²) in [7, 11) is 0. The van der Waals surface area contributed by atoms with Gasteiger partial charge >= 0.3 is 0 Å². The third-order valence-corrected chi connectivity index (χ3v) is 17.3. The summed E-state index contributed by atoms with van der Waals surface area (Å²) < 4.78 is 22.9. The van der Waals surface area contributed by atoms with Crippen molar-refractivity contribution in [2.24, 2.45) is 0 Å². The van der Waals surface area contributed by atoms with Gasteiger partial charge in [0.1, 0.15) is 48.8 Å². The predicted molar refractivity (Wildman–Crippen MR) is 369 cm³/mol. The minimum absolute atomic E-state index is 0.243. The summed E-state index contributed by atoms with van der Waals surface area (Å²) in [5.74, 6) is -0.249. The second kappa shape index (κ2) is 59.6. The first-order valence-electron chi connectivity index (χ1n) is 36.5. The Kier molecular flexibility index (Phi) is 55.0. The first-order chi connectivity index (χ1) is 44.1. The average Bonchev–Trinajstić information content (AvgIpc) is 1.41. The molecular weight excluding hydrogens is 1130 g/mol. The van der Waals surface area contributed by atoms with Gasteiger partial charge in [-0.1, -0.05) is 297 Å². The number of hydrogen-bond acceptors (Lipinski definition) is 13. The van der Waals surface area contributed by atoms with Crippen molar-refractivity contribution >= 4 is 5.91 Å². The largest absolute Gasteiger partial charge is 0.394 e. The molecule has 0 aromatic heterocycles. The average molecular weight is 1270 g/mol. The second-order valence-electron chi connectivity index (χ2n) is 25.3. The lowest BCUT2D eigenvalue weighted by atomic mass is 9.97. The van der Waals surface area contributed by atoms with Crippen molar-refractivity contribution in [3.05, 3.63) is 97.2 Å². The summed E-state index contributed by atoms with van der Waals surface area (Å²) in [6, 6.07) is -0.862. The first-order valence-corrected chi connectivity index (χ1v) is 36.5. The Balaban J connectivity index is 1.69. The molecule has 1 amide bonds. The molecule has 2 aliphatic heterocycles. The molecule has 14 heteroatoms. The molecule has 0 aromatic carbocycles. The van der Waals surface area contributed by atoms with Crippen molar-refractivity contribution in [1.82, 2.24) is 5.32 Å². The molecule has 12 atom stereocenters. The third kappa shape index (κ3) is 43.0. The highest BCUT2D eigenvalue weighted by Crippen LogP contribution is 2.30. The summed E-state index contributed by atoms with van der Waals surface area (Å²) >= 11 is 0. The van der Waals surface area contributed by atoms with Gasteiger partial charge in [0.25, 0.3) is 0 Å². The van der Waals surface area contributed by atoms with Crippen LogP contribution in [0.25, 0.3) is 0 Å². The van der Waals surface area contributed by atoms with Crippen LogP contribution in [0, 0.1) is 0 Å². The van der Waals surface area contributed by atoms with E-state index in [4.69, 9.17) is 18.9 Å². The summed E-state index contributed by atoms with van der Waals surface area (Å²) in [5.41, 5.74) is 0. The Morgan fingerprint density at radius 2 is 0.767 bits per heavy atom. The molecule has 0 radical (unpaired) electrons. The maximum atomic E-state index is 13.3. The van der Waals surface area contributed by atoms with Gasteiger partial charge in [0.2, 0.25) is 5.91 Å². The van der Waals surface area contributed by atoms with Crippen LogP contribution in [-0.4, -0.2) is 140 Å². The van der Waals surface area contributed by atoms with Crippen molar-refractivity contribution in [3.63, 3.8) is 0 Å². The number of ether oxygens (including phenoxy) is 4. The number of carbonyl (C=O) groups excluding carboxylic acids is 1. The standard InChI is InChI=1S/C76H133NO13/c1-3-5-7-9-11-13-15-17-19-21-23-25-27-29-31-32-34-35-37-39-41-43-45-47-49-51-53-55-57-59-65(80)64(63-87-75-73(86)71(84)74(67(62-79)89-75)90-76-72(85)70(83)69(82)66(61-78)88-76)77-68(81)60-58-56-54-52-50-48-46-44-42-40-38-36-33-30-28-26-24-22-20-18-16-14-12-10-8-6-4-2/h6,8,12,14,18,20,24,26,30,33,38,40,44,46,50,52,64-67,69-76,78-80,82-86H,3-5,7,9-11,13,15-17,19,21-23,25,27-29,31-32,34-37,39,41-43,45,47-49,51,53-63H2,1-2H3,(H,77,81)/b8-6-,14-12-,20-18-,26-24-,33-30-,40-38-,46-44-,52-50-. The SMILES string of the molecule is CC/C=C\C/C=C\C/C=C\C/C=C\C/C=C\C/C=C\C/C=C\C/C=C\CCCCC(=O)NC(COC1OC(CO)C(OC2OC(CO)C(O)C(O)C2O)C(O)C1O)C(O)CCCCCCCCCCCCCCCCCCCCCCCCCCCCCCC. The minimum atomic E-state index is -1.79. The molecule has 90 heavy (non-hydrogen) atoms. The van der Waals surface area contributed by atoms with Crippen molar-refractivity contribution in [1.29, 1.82) is 0 Å². The number of carbonyl (C=O) groups is 1. The fourth-order valence-corrected chi connectivity index (χ4v) is 11.5. The van der Waals surface area contributed by atoms with Gasteiger partial charge in [-0.15, -0.1) is 0 Å². The quantitative estimate of drug-likeness (QED) is 0.0204. The van der Waals surface area contributed by atoms with Crippen LogP contribution in [0.15, 0.2) is 97.2 Å². The van der Waals surface area contributed by atoms with E-state index in [1.165, 1.54) is 161 Å². The Morgan fingerprint density at radius 3 is 1.16 bits per heavy atom. The third-order valence-electron chi connectivity index (χ3n) is 17.3. The molecule has 2 heterocycles. The highest BCUT2D eigenvalue weighted by Gasteiger charge is 2.51. The van der Waals surface area contributed by atoms with Gasteiger partial charge in [-0.25, -0.2) is 0 Å². The minimum Gasteiger partial charge on any atom is -0.394 e. The van der Waals surface area contributed by atoms with Crippen LogP contribution in [-0.2, 0) is 23.7 Å². The zero-order valence-corrected chi connectivity index (χ0v) is 56.6. The van der Waals surface area contributed by atoms with E-state index in [0.717, 1.165) is 89.9 Å². The number of aliphatic hydroxyl groups excluding tert-OH is 8. The number of rotatable bonds is 59. The van der Waals surface area contributed by atoms with Crippen molar-refractivity contribution in [3.8, 4) is 0 Å². The highest BCUT2D eigenvalue weighted by atomic mass is 16.7. The lowest BCUT2D eigenvalue weighted by Gasteiger charge is -2.46. The molecule has 0 bridgehead atoms. The van der Waals surface area contributed by atoms with E-state index in [1.807, 2.05) is 0 Å². The van der Waals surface area contributed by atoms with Crippen LogP contribution >= 0.6 is 0 Å². The summed E-state index contributed by atoms with van der Waals surface area (Å²) in [6.07, 6.45) is 67.1. The van der Waals surface area contributed by atoms with Crippen molar-refractivity contribution in [2.45, 2.75) is 357 Å². The van der Waals surface area contributed by atoms with Gasteiger partial charge in [-0.3, -0.25) is 4.79 Å². The van der Waals surface area contributed by atoms with Crippen LogP contribution in [0.4, 0.5) is 0 Å². The fourth-order valence-electron chi connectivity index (χ4n) is 11.5. The number of aliphatic hydroxyl groups is 8. The van der Waals surface area contributed by atoms with Crippen molar-refractivity contribution < 1.29 is 64.6 Å². The van der Waals surface area contributed by atoms with E-state index < -0.39 is 86.8 Å². The summed E-state index contributed by atoms with van der Waals surface area (Å²) in [4.78, 5) is 13.3. The van der Waals surface area contributed by atoms with Crippen LogP contribution in [0.2, 0.25) is 0 Å². The Labute approximate surface area is 547 Å². The van der Waals surface area contributed by atoms with Gasteiger partial charge < -0.3 is 65.1 Å². The molecule has 0 spiro atoms. The molecule has 0 aliphatic carbocycles. The normalized spacial score (nSPS) is 23.5. The van der Waals surface area contributed by atoms with Crippen molar-refractivity contribution in [2.75, 3.05) is 19.8 Å². The van der Waals surface area contributed by atoms with E-state index in [0.29, 0.717) is 12.8 Å². The van der Waals surface area contributed by atoms with E-state index >= 15 is 0 Å².